The van der Waals surface area contributed by atoms with Gasteiger partial charge in [-0.25, -0.2) is 0 Å². The lowest BCUT2D eigenvalue weighted by molar-refractivity contribution is -0.0817. The lowest BCUT2D eigenvalue weighted by Gasteiger charge is -2.33. The molecule has 0 spiro atoms. The maximum Gasteiger partial charge on any atom is 0.128 e. The molecule has 2 rings (SSSR count). The van der Waals surface area contributed by atoms with E-state index < -0.39 is 6.10 Å². The Hall–Kier alpha value is -1.26. The van der Waals surface area contributed by atoms with Crippen molar-refractivity contribution in [3.63, 3.8) is 0 Å². The molecule has 0 saturated carbocycles. The minimum absolute atomic E-state index is 0.0933. The molecule has 17 heavy (non-hydrogen) atoms. The van der Waals surface area contributed by atoms with Crippen LogP contribution in [-0.4, -0.2) is 25.4 Å². The number of ether oxygens (including phenoxy) is 3. The maximum absolute atomic E-state index is 10.2. The number of aliphatic hydroxyl groups excluding tert-OH is 1. The van der Waals surface area contributed by atoms with Gasteiger partial charge in [0.2, 0.25) is 0 Å². The average Bonchev–Trinajstić information content (AvgIpc) is 2.34. The van der Waals surface area contributed by atoms with Crippen molar-refractivity contribution < 1.29 is 19.3 Å². The number of aliphatic hydroxyl groups is 1. The summed E-state index contributed by atoms with van der Waals surface area (Å²) in [5.74, 6) is 1.37. The van der Waals surface area contributed by atoms with E-state index in [1.54, 1.807) is 20.3 Å². The fourth-order valence-electron chi connectivity index (χ4n) is 2.31. The van der Waals surface area contributed by atoms with Crippen LogP contribution in [0.15, 0.2) is 12.1 Å². The van der Waals surface area contributed by atoms with Gasteiger partial charge in [-0.15, -0.1) is 0 Å². The predicted molar refractivity (Wildman–Crippen MR) is 63.5 cm³/mol. The summed E-state index contributed by atoms with van der Waals surface area (Å²) >= 11 is 0. The lowest BCUT2D eigenvalue weighted by Crippen LogP contribution is -2.27. The first kappa shape index (κ1) is 12.2. The zero-order chi connectivity index (χ0) is 12.6. The Morgan fingerprint density at radius 3 is 2.47 bits per heavy atom. The summed E-state index contributed by atoms with van der Waals surface area (Å²) in [5, 5.41) is 10.2. The van der Waals surface area contributed by atoms with Crippen LogP contribution in [0.3, 0.4) is 0 Å². The van der Waals surface area contributed by atoms with Gasteiger partial charge < -0.3 is 19.3 Å². The van der Waals surface area contributed by atoms with Gasteiger partial charge in [0.1, 0.15) is 17.6 Å². The van der Waals surface area contributed by atoms with Crippen molar-refractivity contribution in [3.05, 3.63) is 23.3 Å². The first-order valence-corrected chi connectivity index (χ1v) is 5.67. The van der Waals surface area contributed by atoms with Gasteiger partial charge >= 0.3 is 0 Å². The fraction of sp³-hybridized carbons (Fsp3) is 0.538. The van der Waals surface area contributed by atoms with Crippen LogP contribution >= 0.6 is 0 Å². The zero-order valence-corrected chi connectivity index (χ0v) is 10.6. The van der Waals surface area contributed by atoms with E-state index in [1.807, 2.05) is 19.9 Å². The highest BCUT2D eigenvalue weighted by Gasteiger charge is 2.32. The quantitative estimate of drug-likeness (QED) is 0.858. The van der Waals surface area contributed by atoms with Crippen molar-refractivity contribution in [2.24, 2.45) is 0 Å². The SMILES string of the molecule is COc1cc(OC)c2c(c1)[C@@H](O)[C@@H](C)O[C@@H]2C. The zero-order valence-electron chi connectivity index (χ0n) is 10.6. The summed E-state index contributed by atoms with van der Waals surface area (Å²) < 4.78 is 16.2. The van der Waals surface area contributed by atoms with Gasteiger partial charge in [-0.3, -0.25) is 0 Å². The van der Waals surface area contributed by atoms with Gasteiger partial charge in [-0.2, -0.15) is 0 Å². The van der Waals surface area contributed by atoms with E-state index in [9.17, 15) is 5.11 Å². The molecule has 0 aliphatic carbocycles. The first-order valence-electron chi connectivity index (χ1n) is 5.67. The van der Waals surface area contributed by atoms with Crippen molar-refractivity contribution in [1.29, 1.82) is 0 Å². The standard InChI is InChI=1S/C13H18O4/c1-7-12-10(13(14)8(2)17-7)5-9(15-3)6-11(12)16-4/h5-8,13-14H,1-4H3/t7-,8-,13+/m1/s1. The van der Waals surface area contributed by atoms with Gasteiger partial charge in [0.05, 0.1) is 26.4 Å². The third kappa shape index (κ3) is 1.98. The van der Waals surface area contributed by atoms with Gasteiger partial charge in [-0.1, -0.05) is 0 Å². The normalized spacial score (nSPS) is 27.5. The van der Waals surface area contributed by atoms with E-state index in [0.29, 0.717) is 11.5 Å². The second-order valence-corrected chi connectivity index (χ2v) is 4.26. The van der Waals surface area contributed by atoms with E-state index in [-0.39, 0.29) is 12.2 Å². The summed E-state index contributed by atoms with van der Waals surface area (Å²) in [5.41, 5.74) is 1.73. The van der Waals surface area contributed by atoms with Crippen molar-refractivity contribution >= 4 is 0 Å². The molecule has 4 nitrogen and oxygen atoms in total. The molecule has 1 aromatic rings. The van der Waals surface area contributed by atoms with E-state index >= 15 is 0 Å². The predicted octanol–water partition coefficient (Wildman–Crippen LogP) is 2.22. The molecule has 1 aromatic carbocycles. The van der Waals surface area contributed by atoms with Crippen LogP contribution in [0.2, 0.25) is 0 Å². The van der Waals surface area contributed by atoms with E-state index in [0.717, 1.165) is 11.1 Å². The molecule has 94 valence electrons. The molecule has 0 unspecified atom stereocenters. The van der Waals surface area contributed by atoms with Crippen LogP contribution in [0.1, 0.15) is 37.2 Å². The molecule has 0 aromatic heterocycles. The smallest absolute Gasteiger partial charge is 0.128 e. The van der Waals surface area contributed by atoms with Crippen LogP contribution < -0.4 is 9.47 Å². The number of hydrogen-bond donors (Lipinski definition) is 1. The molecular weight excluding hydrogens is 220 g/mol. The number of benzene rings is 1. The van der Waals surface area contributed by atoms with Crippen LogP contribution in [0.4, 0.5) is 0 Å². The Balaban J connectivity index is 2.59. The summed E-state index contributed by atoms with van der Waals surface area (Å²) in [6.07, 6.45) is -0.969. The molecular formula is C13H18O4. The van der Waals surface area contributed by atoms with Crippen molar-refractivity contribution in [2.45, 2.75) is 32.2 Å². The van der Waals surface area contributed by atoms with Crippen LogP contribution in [0, 0.1) is 0 Å². The minimum atomic E-state index is -0.648. The molecule has 0 saturated heterocycles. The monoisotopic (exact) mass is 238 g/mol. The molecule has 1 heterocycles. The molecule has 1 aliphatic heterocycles. The number of methoxy groups -OCH3 is 2. The molecule has 1 aliphatic rings. The minimum Gasteiger partial charge on any atom is -0.497 e. The Labute approximate surface area is 101 Å². The van der Waals surface area contributed by atoms with Gasteiger partial charge in [0.25, 0.3) is 0 Å². The summed E-state index contributed by atoms with van der Waals surface area (Å²) in [6.45, 7) is 3.81. The Morgan fingerprint density at radius 1 is 1.18 bits per heavy atom. The molecule has 0 fully saturated rings. The van der Waals surface area contributed by atoms with Crippen LogP contribution in [-0.2, 0) is 4.74 Å². The molecule has 0 bridgehead atoms. The molecule has 0 amide bonds. The van der Waals surface area contributed by atoms with Crippen molar-refractivity contribution in [2.75, 3.05) is 14.2 Å². The molecule has 3 atom stereocenters. The largest absolute Gasteiger partial charge is 0.497 e. The van der Waals surface area contributed by atoms with Gasteiger partial charge in [-0.05, 0) is 25.5 Å². The Bertz CT molecular complexity index is 416. The van der Waals surface area contributed by atoms with E-state index in [2.05, 4.69) is 0 Å². The summed E-state index contributed by atoms with van der Waals surface area (Å²) in [4.78, 5) is 0. The van der Waals surface area contributed by atoms with E-state index in [1.165, 1.54) is 0 Å². The molecule has 1 N–H and O–H groups in total. The van der Waals surface area contributed by atoms with Crippen LogP contribution in [0.5, 0.6) is 11.5 Å². The average molecular weight is 238 g/mol. The van der Waals surface area contributed by atoms with Gasteiger partial charge in [0, 0.05) is 11.6 Å². The highest BCUT2D eigenvalue weighted by molar-refractivity contribution is 5.49. The summed E-state index contributed by atoms with van der Waals surface area (Å²) in [7, 11) is 3.20. The van der Waals surface area contributed by atoms with Crippen molar-refractivity contribution in [1.82, 2.24) is 0 Å². The number of rotatable bonds is 2. The second kappa shape index (κ2) is 4.55. The number of hydrogen-bond acceptors (Lipinski definition) is 4. The van der Waals surface area contributed by atoms with Gasteiger partial charge in [0.15, 0.2) is 0 Å². The number of fused-ring (bicyclic) bond motifs is 1. The summed E-state index contributed by atoms with van der Waals surface area (Å²) in [6, 6.07) is 3.65. The van der Waals surface area contributed by atoms with Crippen LogP contribution in [0.25, 0.3) is 0 Å². The Morgan fingerprint density at radius 2 is 1.88 bits per heavy atom. The van der Waals surface area contributed by atoms with E-state index in [4.69, 9.17) is 14.2 Å². The lowest BCUT2D eigenvalue weighted by atomic mass is 9.92. The maximum atomic E-state index is 10.2. The molecule has 0 radical (unpaired) electrons. The third-order valence-corrected chi connectivity index (χ3v) is 3.19. The fourth-order valence-corrected chi connectivity index (χ4v) is 2.31. The highest BCUT2D eigenvalue weighted by atomic mass is 16.5. The molecule has 4 heteroatoms. The van der Waals surface area contributed by atoms with Crippen molar-refractivity contribution in [3.8, 4) is 11.5 Å². The second-order valence-electron chi connectivity index (χ2n) is 4.26. The topological polar surface area (TPSA) is 47.9 Å². The third-order valence-electron chi connectivity index (χ3n) is 3.19. The highest BCUT2D eigenvalue weighted by Crippen LogP contribution is 2.43. The Kier molecular flexibility index (Phi) is 3.26. The first-order chi connectivity index (χ1) is 8.08.